The number of sulfone groups is 1. The van der Waals surface area contributed by atoms with Gasteiger partial charge in [-0.3, -0.25) is 0 Å². The lowest BCUT2D eigenvalue weighted by Gasteiger charge is -2.20. The molecule has 0 spiro atoms. The molecule has 1 heterocycles. The SMILES string of the molecule is N#Cc1c(F)cccc1S(=O)(=O)N1CCCS(=O)(=O)CC1. The van der Waals surface area contributed by atoms with Gasteiger partial charge in [-0.2, -0.15) is 9.57 Å². The van der Waals surface area contributed by atoms with Crippen LogP contribution in [-0.2, 0) is 19.9 Å². The van der Waals surface area contributed by atoms with Crippen LogP contribution < -0.4 is 0 Å². The maximum absolute atomic E-state index is 13.5. The molecule has 0 unspecified atom stereocenters. The first-order chi connectivity index (χ1) is 9.78. The van der Waals surface area contributed by atoms with E-state index in [0.29, 0.717) is 0 Å². The topological polar surface area (TPSA) is 95.3 Å². The summed E-state index contributed by atoms with van der Waals surface area (Å²) in [5, 5.41) is 8.93. The van der Waals surface area contributed by atoms with Crippen molar-refractivity contribution in [2.75, 3.05) is 24.6 Å². The molecule has 114 valence electrons. The molecule has 1 aromatic carbocycles. The second-order valence-corrected chi connectivity index (χ2v) is 8.84. The van der Waals surface area contributed by atoms with E-state index in [-0.39, 0.29) is 31.0 Å². The van der Waals surface area contributed by atoms with Crippen molar-refractivity contribution in [1.29, 1.82) is 5.26 Å². The predicted molar refractivity (Wildman–Crippen MR) is 73.1 cm³/mol. The Morgan fingerprint density at radius 1 is 1.24 bits per heavy atom. The molecule has 2 rings (SSSR count). The van der Waals surface area contributed by atoms with Gasteiger partial charge in [0.25, 0.3) is 0 Å². The zero-order valence-corrected chi connectivity index (χ0v) is 12.6. The summed E-state index contributed by atoms with van der Waals surface area (Å²) in [6, 6.07) is 4.90. The maximum Gasteiger partial charge on any atom is 0.244 e. The number of hydrogen-bond acceptors (Lipinski definition) is 5. The van der Waals surface area contributed by atoms with Gasteiger partial charge >= 0.3 is 0 Å². The minimum absolute atomic E-state index is 0.0307. The fourth-order valence-corrected chi connectivity index (χ4v) is 5.14. The number of benzene rings is 1. The minimum Gasteiger partial charge on any atom is -0.229 e. The molecule has 0 aliphatic carbocycles. The Labute approximate surface area is 122 Å². The normalized spacial score (nSPS) is 19.6. The van der Waals surface area contributed by atoms with Crippen LogP contribution in [0.15, 0.2) is 23.1 Å². The van der Waals surface area contributed by atoms with Crippen molar-refractivity contribution >= 4 is 19.9 Å². The van der Waals surface area contributed by atoms with Crippen LogP contribution in [0.4, 0.5) is 4.39 Å². The third kappa shape index (κ3) is 3.23. The van der Waals surface area contributed by atoms with E-state index >= 15 is 0 Å². The van der Waals surface area contributed by atoms with Crippen LogP contribution in [0.25, 0.3) is 0 Å². The van der Waals surface area contributed by atoms with Gasteiger partial charge in [0.05, 0.1) is 11.5 Å². The van der Waals surface area contributed by atoms with Crippen molar-refractivity contribution in [3.63, 3.8) is 0 Å². The maximum atomic E-state index is 13.5. The standard InChI is InChI=1S/C12H13FN2O4S2/c13-11-3-1-4-12(10(11)9-14)21(18,19)15-5-2-7-20(16,17)8-6-15/h1,3-4H,2,5-8H2. The molecule has 0 bridgehead atoms. The van der Waals surface area contributed by atoms with E-state index in [2.05, 4.69) is 0 Å². The molecule has 0 amide bonds. The van der Waals surface area contributed by atoms with Crippen molar-refractivity contribution in [2.24, 2.45) is 0 Å². The highest BCUT2D eigenvalue weighted by Crippen LogP contribution is 2.23. The molecular weight excluding hydrogens is 319 g/mol. The summed E-state index contributed by atoms with van der Waals surface area (Å²) in [5.41, 5.74) is -0.551. The van der Waals surface area contributed by atoms with Crippen LogP contribution in [0.1, 0.15) is 12.0 Å². The van der Waals surface area contributed by atoms with Gasteiger partial charge in [0.15, 0.2) is 9.84 Å². The Morgan fingerprint density at radius 3 is 2.62 bits per heavy atom. The summed E-state index contributed by atoms with van der Waals surface area (Å²) in [6.07, 6.45) is 0.179. The Balaban J connectivity index is 2.44. The van der Waals surface area contributed by atoms with Crippen LogP contribution in [0, 0.1) is 17.1 Å². The van der Waals surface area contributed by atoms with Gasteiger partial charge in [-0.1, -0.05) is 6.07 Å². The summed E-state index contributed by atoms with van der Waals surface area (Å²) in [6.45, 7) is -0.158. The minimum atomic E-state index is -4.09. The van der Waals surface area contributed by atoms with Gasteiger partial charge in [-0.15, -0.1) is 0 Å². The molecule has 0 radical (unpaired) electrons. The number of halogens is 1. The smallest absolute Gasteiger partial charge is 0.229 e. The van der Waals surface area contributed by atoms with Crippen LogP contribution >= 0.6 is 0 Å². The van der Waals surface area contributed by atoms with E-state index < -0.39 is 36.1 Å². The third-order valence-electron chi connectivity index (χ3n) is 3.22. The second kappa shape index (κ2) is 5.71. The monoisotopic (exact) mass is 332 g/mol. The molecule has 0 saturated carbocycles. The first-order valence-electron chi connectivity index (χ1n) is 6.17. The first kappa shape index (κ1) is 15.9. The molecule has 1 aliphatic rings. The van der Waals surface area contributed by atoms with E-state index in [1.54, 1.807) is 6.07 Å². The van der Waals surface area contributed by atoms with Crippen molar-refractivity contribution in [3.05, 3.63) is 29.6 Å². The lowest BCUT2D eigenvalue weighted by molar-refractivity contribution is 0.434. The van der Waals surface area contributed by atoms with Gasteiger partial charge in [-0.05, 0) is 18.6 Å². The predicted octanol–water partition coefficient (Wildman–Crippen LogP) is 0.507. The van der Waals surface area contributed by atoms with Crippen LogP contribution in [0.3, 0.4) is 0 Å². The Bertz CT molecular complexity index is 797. The van der Waals surface area contributed by atoms with E-state index in [4.69, 9.17) is 5.26 Å². The van der Waals surface area contributed by atoms with Crippen molar-refractivity contribution in [1.82, 2.24) is 4.31 Å². The van der Waals surface area contributed by atoms with Crippen molar-refractivity contribution in [2.45, 2.75) is 11.3 Å². The van der Waals surface area contributed by atoms with Gasteiger partial charge in [0, 0.05) is 13.1 Å². The number of rotatable bonds is 2. The van der Waals surface area contributed by atoms with Gasteiger partial charge in [0.1, 0.15) is 22.3 Å². The van der Waals surface area contributed by atoms with Crippen LogP contribution in [0.5, 0.6) is 0 Å². The Hall–Kier alpha value is -1.50. The van der Waals surface area contributed by atoms with Gasteiger partial charge in [0.2, 0.25) is 10.0 Å². The molecular formula is C12H13FN2O4S2. The highest BCUT2D eigenvalue weighted by molar-refractivity contribution is 7.91. The fraction of sp³-hybridized carbons (Fsp3) is 0.417. The third-order valence-corrected chi connectivity index (χ3v) is 6.88. The number of nitrogens with zero attached hydrogens (tertiary/aromatic N) is 2. The Morgan fingerprint density at radius 2 is 1.95 bits per heavy atom. The molecule has 1 saturated heterocycles. The summed E-state index contributed by atoms with van der Waals surface area (Å²) in [4.78, 5) is -0.427. The largest absolute Gasteiger partial charge is 0.244 e. The molecule has 9 heteroatoms. The van der Waals surface area contributed by atoms with Gasteiger partial charge in [-0.25, -0.2) is 21.2 Å². The van der Waals surface area contributed by atoms with Crippen LogP contribution in [-0.4, -0.2) is 45.7 Å². The quantitative estimate of drug-likeness (QED) is 0.786. The molecule has 1 aromatic rings. The molecule has 0 N–H and O–H groups in total. The Kier molecular flexibility index (Phi) is 4.32. The molecule has 0 atom stereocenters. The zero-order chi connectivity index (χ0) is 15.7. The average molecular weight is 332 g/mol. The van der Waals surface area contributed by atoms with Crippen LogP contribution in [0.2, 0.25) is 0 Å². The second-order valence-electron chi connectivity index (χ2n) is 4.63. The number of sulfonamides is 1. The van der Waals surface area contributed by atoms with E-state index in [1.165, 1.54) is 6.07 Å². The summed E-state index contributed by atoms with van der Waals surface area (Å²) in [7, 11) is -7.36. The zero-order valence-electron chi connectivity index (χ0n) is 11.0. The average Bonchev–Trinajstić information content (AvgIpc) is 2.59. The molecule has 1 fully saturated rings. The molecule has 1 aliphatic heterocycles. The highest BCUT2D eigenvalue weighted by atomic mass is 32.2. The lowest BCUT2D eigenvalue weighted by atomic mass is 10.2. The van der Waals surface area contributed by atoms with Crippen molar-refractivity contribution in [3.8, 4) is 6.07 Å². The molecule has 21 heavy (non-hydrogen) atoms. The fourth-order valence-electron chi connectivity index (χ4n) is 2.12. The molecule has 0 aromatic heterocycles. The van der Waals surface area contributed by atoms with Crippen molar-refractivity contribution < 1.29 is 21.2 Å². The van der Waals surface area contributed by atoms with E-state index in [1.807, 2.05) is 0 Å². The first-order valence-corrected chi connectivity index (χ1v) is 9.43. The molecule has 6 nitrogen and oxygen atoms in total. The summed E-state index contributed by atoms with van der Waals surface area (Å²) >= 11 is 0. The van der Waals surface area contributed by atoms with E-state index in [0.717, 1.165) is 16.4 Å². The lowest BCUT2D eigenvalue weighted by Crippen LogP contribution is -2.34. The van der Waals surface area contributed by atoms with E-state index in [9.17, 15) is 21.2 Å². The highest BCUT2D eigenvalue weighted by Gasteiger charge is 2.31. The summed E-state index contributed by atoms with van der Waals surface area (Å²) in [5.74, 6) is -1.27. The van der Waals surface area contributed by atoms with Gasteiger partial charge < -0.3 is 0 Å². The summed E-state index contributed by atoms with van der Waals surface area (Å²) < 4.78 is 62.6. The number of nitriles is 1. The number of hydrogen-bond donors (Lipinski definition) is 0.